The van der Waals surface area contributed by atoms with Crippen molar-refractivity contribution in [3.05, 3.63) is 0 Å². The third-order valence-electron chi connectivity index (χ3n) is 0.835. The largest absolute Gasteiger partial charge is 0.759 e. The molecule has 0 aliphatic rings. The molecule has 0 radical (unpaired) electrons. The van der Waals surface area contributed by atoms with Gasteiger partial charge in [-0.15, -0.1) is 35.1 Å². The zero-order chi connectivity index (χ0) is 16.7. The number of rotatable bonds is 0. The predicted octanol–water partition coefficient (Wildman–Crippen LogP) is -6.70. The number of quaternary nitrogens is 2. The second kappa shape index (κ2) is 7.82. The molecule has 0 unspecified atom stereocenters. The Morgan fingerprint density at radius 2 is 0.842 bits per heavy atom. The summed E-state index contributed by atoms with van der Waals surface area (Å²) in [4.78, 5) is -2.17. The number of hydrogen-bond donors (Lipinski definition) is 10. The Bertz CT molecular complexity index is 355. The van der Waals surface area contributed by atoms with Crippen molar-refractivity contribution < 1.29 is 27.1 Å². The SMILES string of the molecule is N=C(N)[N+](N)(N)N.N=C(N)[N+](N)(N)N.O=S(=O)([O-])[O-]. The summed E-state index contributed by atoms with van der Waals surface area (Å²) in [5.74, 6) is 28.0. The maximum atomic E-state index is 8.52. The molecule has 116 valence electrons. The van der Waals surface area contributed by atoms with E-state index >= 15 is 0 Å². The van der Waals surface area contributed by atoms with Gasteiger partial charge in [0.2, 0.25) is 0 Å². The van der Waals surface area contributed by atoms with E-state index in [1.54, 1.807) is 0 Å². The van der Waals surface area contributed by atoms with Crippen LogP contribution in [-0.2, 0) is 10.4 Å². The molecule has 0 rings (SSSR count). The predicted molar refractivity (Wildman–Crippen MR) is 59.9 cm³/mol. The highest BCUT2D eigenvalue weighted by Crippen LogP contribution is 1.64. The average Bonchev–Trinajstić information content (AvgIpc) is 1.97. The van der Waals surface area contributed by atoms with Gasteiger partial charge < -0.3 is 20.6 Å². The highest BCUT2D eigenvalue weighted by atomic mass is 32.3. The van der Waals surface area contributed by atoms with Crippen LogP contribution in [0.1, 0.15) is 0 Å². The van der Waals surface area contributed by atoms with Crippen LogP contribution in [0, 0.1) is 10.8 Å². The average molecular weight is 306 g/mol. The monoisotopic (exact) mass is 306 g/mol. The van der Waals surface area contributed by atoms with Crippen LogP contribution in [0.25, 0.3) is 0 Å². The smallest absolute Gasteiger partial charge is 0.352 e. The Labute approximate surface area is 108 Å². The first-order valence-corrected chi connectivity index (χ1v) is 5.07. The van der Waals surface area contributed by atoms with Crippen LogP contribution in [0.5, 0.6) is 0 Å². The Hall–Kier alpha value is -1.51. The van der Waals surface area contributed by atoms with Gasteiger partial charge in [-0.25, -0.2) is 10.8 Å². The quantitative estimate of drug-likeness (QED) is 0.0379. The third-order valence-corrected chi connectivity index (χ3v) is 0.835. The van der Waals surface area contributed by atoms with E-state index in [0.717, 1.165) is 0 Å². The molecule has 0 saturated heterocycles. The lowest BCUT2D eigenvalue weighted by Crippen LogP contribution is -2.71. The van der Waals surface area contributed by atoms with E-state index in [4.69, 9.17) is 74.9 Å². The van der Waals surface area contributed by atoms with Crippen molar-refractivity contribution in [2.24, 2.45) is 46.5 Å². The first kappa shape index (κ1) is 22.7. The lowest BCUT2D eigenvalue weighted by atomic mass is 11.0. The van der Waals surface area contributed by atoms with Crippen LogP contribution in [0.15, 0.2) is 0 Å². The van der Waals surface area contributed by atoms with Gasteiger partial charge in [-0.05, 0) is 9.62 Å². The Balaban J connectivity index is -0.000000206. The standard InChI is InChI=1S/2CH9N6.H2O4S/c2*2-1(3)7(4,5)6;1-5(2,3)4/h2*4-6H2,(H3,2,3);(H2,1,2,3,4)/q2*+1;/p-2. The van der Waals surface area contributed by atoms with E-state index in [2.05, 4.69) is 0 Å². The van der Waals surface area contributed by atoms with Gasteiger partial charge >= 0.3 is 11.9 Å². The van der Waals surface area contributed by atoms with Crippen molar-refractivity contribution in [2.45, 2.75) is 0 Å². The van der Waals surface area contributed by atoms with E-state index in [9.17, 15) is 0 Å². The Morgan fingerprint density at radius 3 is 0.842 bits per heavy atom. The van der Waals surface area contributed by atoms with Crippen molar-refractivity contribution >= 4 is 22.3 Å². The van der Waals surface area contributed by atoms with Gasteiger partial charge in [0.15, 0.2) is 0 Å². The van der Waals surface area contributed by atoms with Crippen molar-refractivity contribution in [3.8, 4) is 0 Å². The van der Waals surface area contributed by atoms with Gasteiger partial charge in [-0.1, -0.05) is 0 Å². The minimum absolute atomic E-state index is 0.486. The lowest BCUT2D eigenvalue weighted by molar-refractivity contribution is -0.880. The summed E-state index contributed by atoms with van der Waals surface area (Å²) >= 11 is 0. The molecule has 0 aromatic heterocycles. The molecule has 0 fully saturated rings. The number of nitrogens with zero attached hydrogens (tertiary/aromatic N) is 2. The summed E-state index contributed by atoms with van der Waals surface area (Å²) in [5, 5.41) is 13.0. The van der Waals surface area contributed by atoms with Crippen molar-refractivity contribution in [1.29, 1.82) is 10.8 Å². The first-order chi connectivity index (χ1) is 7.89. The number of guanidine groups is 2. The van der Waals surface area contributed by atoms with E-state index in [-0.39, 0.29) is 0 Å². The summed E-state index contributed by atoms with van der Waals surface area (Å²) < 4.78 is 34.1. The van der Waals surface area contributed by atoms with Gasteiger partial charge in [-0.3, -0.25) is 8.42 Å². The number of nitrogens with one attached hydrogen (secondary N) is 2. The van der Waals surface area contributed by atoms with E-state index in [1.165, 1.54) is 0 Å². The summed E-state index contributed by atoms with van der Waals surface area (Å²) in [6.07, 6.45) is 0. The molecule has 17 heteroatoms. The maximum absolute atomic E-state index is 8.52. The number of nitrogens with two attached hydrogens (primary N) is 8. The molecule has 0 amide bonds. The van der Waals surface area contributed by atoms with Crippen LogP contribution < -0.4 is 46.5 Å². The van der Waals surface area contributed by atoms with Crippen LogP contribution >= 0.6 is 0 Å². The second-order valence-electron chi connectivity index (χ2n) is 2.85. The maximum Gasteiger partial charge on any atom is 0.352 e. The molecular weight excluding hydrogens is 288 g/mol. The number of hydrogen-bond acceptors (Lipinski definition) is 12. The molecule has 0 heterocycles. The van der Waals surface area contributed by atoms with Gasteiger partial charge in [-0.2, -0.15) is 0 Å². The van der Waals surface area contributed by atoms with Gasteiger partial charge in [0.25, 0.3) is 0 Å². The van der Waals surface area contributed by atoms with E-state index in [1.807, 2.05) is 0 Å². The van der Waals surface area contributed by atoms with Crippen LogP contribution in [0.4, 0.5) is 0 Å². The molecule has 0 aliphatic heterocycles. The lowest BCUT2D eigenvalue weighted by Gasteiger charge is -2.14. The second-order valence-corrected chi connectivity index (χ2v) is 3.66. The molecule has 18 N–H and O–H groups in total. The minimum Gasteiger partial charge on any atom is -0.759 e. The molecule has 0 aromatic carbocycles. The molecular formula is C2H18N12O4S. The van der Waals surface area contributed by atoms with Gasteiger partial charge in [0.1, 0.15) is 0 Å². The van der Waals surface area contributed by atoms with Gasteiger partial charge in [0.05, 0.1) is 0 Å². The first-order valence-electron chi connectivity index (χ1n) is 3.74. The molecule has 0 saturated carbocycles. The highest BCUT2D eigenvalue weighted by molar-refractivity contribution is 7.79. The van der Waals surface area contributed by atoms with Crippen LogP contribution in [0.3, 0.4) is 0 Å². The van der Waals surface area contributed by atoms with Crippen LogP contribution in [-0.4, -0.2) is 39.1 Å². The minimum atomic E-state index is -5.17. The summed E-state index contributed by atoms with van der Waals surface area (Å²) in [5.41, 5.74) is 9.50. The fourth-order valence-electron chi connectivity index (χ4n) is 0. The fourth-order valence-corrected chi connectivity index (χ4v) is 0. The molecule has 0 aliphatic carbocycles. The van der Waals surface area contributed by atoms with Gasteiger partial charge in [0, 0.05) is 10.4 Å². The van der Waals surface area contributed by atoms with Crippen LogP contribution in [0.2, 0.25) is 0 Å². The Kier molecular flexibility index (Phi) is 9.33. The zero-order valence-electron chi connectivity index (χ0n) is 9.55. The highest BCUT2D eigenvalue weighted by Gasteiger charge is 2.14. The van der Waals surface area contributed by atoms with E-state index in [0.29, 0.717) is 0 Å². The van der Waals surface area contributed by atoms with E-state index < -0.39 is 31.9 Å². The molecule has 0 atom stereocenters. The van der Waals surface area contributed by atoms with Crippen molar-refractivity contribution in [2.75, 3.05) is 0 Å². The summed E-state index contributed by atoms with van der Waals surface area (Å²) in [6, 6.07) is 0. The van der Waals surface area contributed by atoms with Crippen molar-refractivity contribution in [1.82, 2.24) is 0 Å². The Morgan fingerprint density at radius 1 is 0.789 bits per heavy atom. The summed E-state index contributed by atoms with van der Waals surface area (Å²) in [6.45, 7) is 0. The molecule has 0 aromatic rings. The normalized spacial score (nSPS) is 11.4. The molecule has 0 spiro atoms. The molecule has 16 nitrogen and oxygen atoms in total. The molecule has 0 bridgehead atoms. The van der Waals surface area contributed by atoms with Crippen molar-refractivity contribution in [3.63, 3.8) is 0 Å². The summed E-state index contributed by atoms with van der Waals surface area (Å²) in [7, 11) is -5.17. The zero-order valence-corrected chi connectivity index (χ0v) is 10.4. The third kappa shape index (κ3) is 31.5. The fraction of sp³-hybridized carbons (Fsp3) is 0. The topological polar surface area (TPSA) is 336 Å². The molecule has 19 heavy (non-hydrogen) atoms.